The summed E-state index contributed by atoms with van der Waals surface area (Å²) in [6, 6.07) is 3.94. The average molecular weight is 341 g/mol. The molecule has 0 bridgehead atoms. The van der Waals surface area contributed by atoms with Crippen molar-refractivity contribution in [2.75, 3.05) is 5.32 Å². The quantitative estimate of drug-likeness (QED) is 0.616. The SMILES string of the molecule is CCC1CCC(Nc2cc(C)c([N+](=O)[O-])cc2Br)CC1. The smallest absolute Gasteiger partial charge is 0.273 e. The van der Waals surface area contributed by atoms with E-state index in [9.17, 15) is 10.1 Å². The summed E-state index contributed by atoms with van der Waals surface area (Å²) in [7, 11) is 0. The molecule has 1 aliphatic carbocycles. The average Bonchev–Trinajstić information content (AvgIpc) is 2.43. The monoisotopic (exact) mass is 340 g/mol. The van der Waals surface area contributed by atoms with Gasteiger partial charge in [-0.05, 0) is 60.5 Å². The van der Waals surface area contributed by atoms with Gasteiger partial charge in [0, 0.05) is 27.8 Å². The Morgan fingerprint density at radius 3 is 2.55 bits per heavy atom. The molecule has 20 heavy (non-hydrogen) atoms. The molecule has 1 aliphatic rings. The number of hydrogen-bond acceptors (Lipinski definition) is 3. The zero-order valence-electron chi connectivity index (χ0n) is 12.0. The van der Waals surface area contributed by atoms with Gasteiger partial charge in [0.15, 0.2) is 0 Å². The highest BCUT2D eigenvalue weighted by Crippen LogP contribution is 2.34. The Balaban J connectivity index is 2.07. The van der Waals surface area contributed by atoms with E-state index in [-0.39, 0.29) is 10.6 Å². The van der Waals surface area contributed by atoms with Gasteiger partial charge in [0.2, 0.25) is 0 Å². The molecule has 0 aliphatic heterocycles. The maximum Gasteiger partial charge on any atom is 0.273 e. The van der Waals surface area contributed by atoms with Gasteiger partial charge in [-0.15, -0.1) is 0 Å². The van der Waals surface area contributed by atoms with E-state index in [0.717, 1.165) is 16.1 Å². The first-order valence-electron chi connectivity index (χ1n) is 7.22. The largest absolute Gasteiger partial charge is 0.381 e. The molecular weight excluding hydrogens is 320 g/mol. The van der Waals surface area contributed by atoms with Crippen molar-refractivity contribution in [3.63, 3.8) is 0 Å². The Kier molecular flexibility index (Phi) is 5.02. The van der Waals surface area contributed by atoms with Crippen LogP contribution < -0.4 is 5.32 Å². The lowest BCUT2D eigenvalue weighted by Crippen LogP contribution is -2.26. The fraction of sp³-hybridized carbons (Fsp3) is 0.600. The Morgan fingerprint density at radius 2 is 2.00 bits per heavy atom. The van der Waals surface area contributed by atoms with Crippen molar-refractivity contribution in [2.24, 2.45) is 5.92 Å². The van der Waals surface area contributed by atoms with Crippen molar-refractivity contribution in [2.45, 2.75) is 52.0 Å². The normalized spacial score (nSPS) is 22.6. The van der Waals surface area contributed by atoms with Gasteiger partial charge in [0.25, 0.3) is 5.69 Å². The van der Waals surface area contributed by atoms with Crippen molar-refractivity contribution in [3.05, 3.63) is 32.3 Å². The van der Waals surface area contributed by atoms with Gasteiger partial charge in [-0.1, -0.05) is 13.3 Å². The molecule has 5 heteroatoms. The number of benzene rings is 1. The third kappa shape index (κ3) is 3.51. The van der Waals surface area contributed by atoms with E-state index in [1.54, 1.807) is 13.0 Å². The standard InChI is InChI=1S/C15H21BrN2O2/c1-3-11-4-6-12(7-5-11)17-14-8-10(2)15(18(19)20)9-13(14)16/h8-9,11-12,17H,3-7H2,1-2H3. The minimum absolute atomic E-state index is 0.164. The van der Waals surface area contributed by atoms with Crippen molar-refractivity contribution in [1.82, 2.24) is 0 Å². The molecule has 0 heterocycles. The van der Waals surface area contributed by atoms with E-state index in [2.05, 4.69) is 28.2 Å². The Labute approximate surface area is 128 Å². The van der Waals surface area contributed by atoms with Gasteiger partial charge in [-0.2, -0.15) is 0 Å². The summed E-state index contributed by atoms with van der Waals surface area (Å²) in [5.74, 6) is 0.870. The second kappa shape index (κ2) is 6.57. The van der Waals surface area contributed by atoms with Gasteiger partial charge in [-0.3, -0.25) is 10.1 Å². The summed E-state index contributed by atoms with van der Waals surface area (Å²) in [4.78, 5) is 10.6. The van der Waals surface area contributed by atoms with E-state index in [1.165, 1.54) is 32.1 Å². The first kappa shape index (κ1) is 15.3. The lowest BCUT2D eigenvalue weighted by atomic mass is 9.84. The van der Waals surface area contributed by atoms with E-state index >= 15 is 0 Å². The molecule has 1 fully saturated rings. The molecule has 0 unspecified atom stereocenters. The molecule has 0 radical (unpaired) electrons. The Morgan fingerprint density at radius 1 is 1.35 bits per heavy atom. The third-order valence-corrected chi connectivity index (χ3v) is 4.92. The molecule has 2 rings (SSSR count). The van der Waals surface area contributed by atoms with Crippen LogP contribution in [0.5, 0.6) is 0 Å². The molecule has 1 saturated carbocycles. The summed E-state index contributed by atoms with van der Waals surface area (Å²) < 4.78 is 0.771. The number of nitrogens with zero attached hydrogens (tertiary/aromatic N) is 1. The van der Waals surface area contributed by atoms with Crippen molar-refractivity contribution >= 4 is 27.3 Å². The lowest BCUT2D eigenvalue weighted by Gasteiger charge is -2.29. The van der Waals surface area contributed by atoms with Crippen LogP contribution in [0.1, 0.15) is 44.6 Å². The summed E-state index contributed by atoms with van der Waals surface area (Å²) in [6.07, 6.45) is 6.19. The molecule has 110 valence electrons. The highest BCUT2D eigenvalue weighted by atomic mass is 79.9. The fourth-order valence-electron chi connectivity index (χ4n) is 2.91. The van der Waals surface area contributed by atoms with Gasteiger partial charge in [0.1, 0.15) is 0 Å². The minimum atomic E-state index is -0.337. The molecule has 0 saturated heterocycles. The van der Waals surface area contributed by atoms with Crippen molar-refractivity contribution in [1.29, 1.82) is 0 Å². The minimum Gasteiger partial charge on any atom is -0.381 e. The summed E-state index contributed by atoms with van der Waals surface area (Å²) in [5.41, 5.74) is 1.83. The molecule has 1 aromatic rings. The second-order valence-electron chi connectivity index (χ2n) is 5.65. The predicted molar refractivity (Wildman–Crippen MR) is 85.2 cm³/mol. The van der Waals surface area contributed by atoms with Crippen LogP contribution >= 0.6 is 15.9 Å². The number of rotatable bonds is 4. The van der Waals surface area contributed by atoms with E-state index in [1.807, 2.05) is 6.07 Å². The van der Waals surface area contributed by atoms with Crippen LogP contribution in [-0.4, -0.2) is 11.0 Å². The fourth-order valence-corrected chi connectivity index (χ4v) is 3.36. The first-order chi connectivity index (χ1) is 9.51. The maximum atomic E-state index is 10.9. The van der Waals surface area contributed by atoms with Crippen LogP contribution in [0.3, 0.4) is 0 Å². The third-order valence-electron chi connectivity index (χ3n) is 4.27. The molecule has 1 aromatic carbocycles. The molecule has 0 aromatic heterocycles. The molecule has 1 N–H and O–H groups in total. The zero-order valence-corrected chi connectivity index (χ0v) is 13.6. The topological polar surface area (TPSA) is 55.2 Å². The summed E-state index contributed by atoms with van der Waals surface area (Å²) in [6.45, 7) is 4.04. The highest BCUT2D eigenvalue weighted by Gasteiger charge is 2.21. The number of hydrogen-bond donors (Lipinski definition) is 1. The van der Waals surface area contributed by atoms with Crippen LogP contribution in [0.2, 0.25) is 0 Å². The lowest BCUT2D eigenvalue weighted by molar-refractivity contribution is -0.385. The van der Waals surface area contributed by atoms with Gasteiger partial charge < -0.3 is 5.32 Å². The van der Waals surface area contributed by atoms with Crippen molar-refractivity contribution in [3.8, 4) is 0 Å². The zero-order chi connectivity index (χ0) is 14.7. The number of anilines is 1. The van der Waals surface area contributed by atoms with Gasteiger partial charge >= 0.3 is 0 Å². The van der Waals surface area contributed by atoms with E-state index in [4.69, 9.17) is 0 Å². The second-order valence-corrected chi connectivity index (χ2v) is 6.50. The van der Waals surface area contributed by atoms with Crippen molar-refractivity contribution < 1.29 is 4.92 Å². The van der Waals surface area contributed by atoms with Crippen LogP contribution in [0.25, 0.3) is 0 Å². The molecular formula is C15H21BrN2O2. The first-order valence-corrected chi connectivity index (χ1v) is 8.01. The highest BCUT2D eigenvalue weighted by molar-refractivity contribution is 9.10. The van der Waals surface area contributed by atoms with E-state index in [0.29, 0.717) is 11.6 Å². The van der Waals surface area contributed by atoms with Crippen LogP contribution in [0, 0.1) is 23.0 Å². The number of nitro groups is 1. The van der Waals surface area contributed by atoms with Gasteiger partial charge in [0.05, 0.1) is 4.92 Å². The Hall–Kier alpha value is -1.10. The molecule has 0 amide bonds. The van der Waals surface area contributed by atoms with Crippen LogP contribution in [0.4, 0.5) is 11.4 Å². The maximum absolute atomic E-state index is 10.9. The summed E-state index contributed by atoms with van der Waals surface area (Å²) >= 11 is 3.43. The predicted octanol–water partition coefficient (Wildman–Crippen LogP) is 5.05. The molecule has 4 nitrogen and oxygen atoms in total. The van der Waals surface area contributed by atoms with E-state index < -0.39 is 0 Å². The molecule has 0 spiro atoms. The number of aryl methyl sites for hydroxylation is 1. The number of halogens is 1. The van der Waals surface area contributed by atoms with Crippen LogP contribution in [-0.2, 0) is 0 Å². The molecule has 0 atom stereocenters. The Bertz CT molecular complexity index is 497. The number of nitrogens with one attached hydrogen (secondary N) is 1. The van der Waals surface area contributed by atoms with Crippen LogP contribution in [0.15, 0.2) is 16.6 Å². The summed E-state index contributed by atoms with van der Waals surface area (Å²) in [5, 5.41) is 14.4. The van der Waals surface area contributed by atoms with Gasteiger partial charge in [-0.25, -0.2) is 0 Å². The number of nitro benzene ring substituents is 1.